The standard InChI is InChI=1S/C27H40O4/c1-16(15-28)5-8-23(30)17(2)25-24(31)14-22-20-7-6-18-13-19(29)9-11-26(18,3)21(20)10-12-27(22,25)4/h6,16,19-22,28-29H,5,7-15H2,1-4H3/b25-17+/t16-,19+,20-,21+,22+,26+,27+/m1/s1. The molecule has 0 unspecified atom stereocenters. The molecule has 0 aliphatic heterocycles. The third-order valence-corrected chi connectivity index (χ3v) is 9.69. The van der Waals surface area contributed by atoms with E-state index in [1.807, 2.05) is 13.8 Å². The molecular weight excluding hydrogens is 388 g/mol. The fraction of sp³-hybridized carbons (Fsp3) is 0.778. The Balaban J connectivity index is 1.61. The first-order valence-electron chi connectivity index (χ1n) is 12.4. The van der Waals surface area contributed by atoms with Gasteiger partial charge in [-0.25, -0.2) is 0 Å². The molecule has 31 heavy (non-hydrogen) atoms. The van der Waals surface area contributed by atoms with Gasteiger partial charge in [0.25, 0.3) is 0 Å². The number of allylic oxidation sites excluding steroid dienone is 3. The first-order valence-corrected chi connectivity index (χ1v) is 12.4. The van der Waals surface area contributed by atoms with E-state index >= 15 is 0 Å². The zero-order valence-corrected chi connectivity index (χ0v) is 19.7. The zero-order valence-electron chi connectivity index (χ0n) is 19.7. The average molecular weight is 429 g/mol. The minimum atomic E-state index is -0.200. The molecule has 3 fully saturated rings. The molecule has 0 saturated heterocycles. The van der Waals surface area contributed by atoms with Crippen LogP contribution in [0.15, 0.2) is 22.8 Å². The van der Waals surface area contributed by atoms with E-state index in [1.54, 1.807) is 0 Å². The summed E-state index contributed by atoms with van der Waals surface area (Å²) >= 11 is 0. The molecule has 4 rings (SSSR count). The molecule has 4 aliphatic rings. The van der Waals surface area contributed by atoms with Gasteiger partial charge in [-0.2, -0.15) is 0 Å². The van der Waals surface area contributed by atoms with Gasteiger partial charge in [-0.05, 0) is 91.9 Å². The molecule has 0 aromatic heterocycles. The highest BCUT2D eigenvalue weighted by molar-refractivity contribution is 6.08. The van der Waals surface area contributed by atoms with E-state index in [0.717, 1.165) is 44.1 Å². The molecule has 4 heteroatoms. The molecule has 0 spiro atoms. The number of ketones is 2. The van der Waals surface area contributed by atoms with Gasteiger partial charge < -0.3 is 10.2 Å². The molecule has 2 N–H and O–H groups in total. The SMILES string of the molecule is C/C(C(=O)CC[C@@H](C)CO)=C1/C(=O)C[C@H]2[C@@H]3CC=C4C[C@@H](O)CC[C@]4(C)[C@H]3CC[C@]12C. The molecule has 4 nitrogen and oxygen atoms in total. The highest BCUT2D eigenvalue weighted by Crippen LogP contribution is 2.65. The van der Waals surface area contributed by atoms with E-state index in [-0.39, 0.29) is 41.0 Å². The maximum absolute atomic E-state index is 13.3. The quantitative estimate of drug-likeness (QED) is 0.488. The lowest BCUT2D eigenvalue weighted by Crippen LogP contribution is -2.49. The molecule has 0 heterocycles. The van der Waals surface area contributed by atoms with Gasteiger partial charge in [-0.15, -0.1) is 0 Å². The third-order valence-electron chi connectivity index (χ3n) is 9.69. The lowest BCUT2D eigenvalue weighted by molar-refractivity contribution is -0.118. The van der Waals surface area contributed by atoms with Crippen molar-refractivity contribution in [2.75, 3.05) is 6.61 Å². The fourth-order valence-electron chi connectivity index (χ4n) is 7.70. The summed E-state index contributed by atoms with van der Waals surface area (Å²) in [6, 6.07) is 0. The van der Waals surface area contributed by atoms with Crippen LogP contribution in [0.25, 0.3) is 0 Å². The van der Waals surface area contributed by atoms with Crippen LogP contribution < -0.4 is 0 Å². The predicted octanol–water partition coefficient (Wildman–Crippen LogP) is 4.78. The normalized spacial score (nSPS) is 42.3. The Morgan fingerprint density at radius 3 is 2.58 bits per heavy atom. The minimum Gasteiger partial charge on any atom is -0.396 e. The van der Waals surface area contributed by atoms with Crippen molar-refractivity contribution in [1.29, 1.82) is 0 Å². The van der Waals surface area contributed by atoms with Crippen molar-refractivity contribution in [1.82, 2.24) is 0 Å². The van der Waals surface area contributed by atoms with Gasteiger partial charge >= 0.3 is 0 Å². The Hall–Kier alpha value is -1.26. The molecule has 0 amide bonds. The molecule has 4 aliphatic carbocycles. The van der Waals surface area contributed by atoms with E-state index in [9.17, 15) is 19.8 Å². The summed E-state index contributed by atoms with van der Waals surface area (Å²) in [7, 11) is 0. The molecular formula is C27H40O4. The van der Waals surface area contributed by atoms with Crippen molar-refractivity contribution in [3.8, 4) is 0 Å². The van der Waals surface area contributed by atoms with Gasteiger partial charge in [0.15, 0.2) is 11.6 Å². The van der Waals surface area contributed by atoms with Crippen LogP contribution in [0.5, 0.6) is 0 Å². The van der Waals surface area contributed by atoms with Crippen LogP contribution in [-0.4, -0.2) is 34.5 Å². The largest absolute Gasteiger partial charge is 0.396 e. The number of hydrogen-bond acceptors (Lipinski definition) is 4. The second kappa shape index (κ2) is 8.26. The van der Waals surface area contributed by atoms with Gasteiger partial charge in [0.05, 0.1) is 6.10 Å². The number of aliphatic hydroxyl groups is 2. The first-order chi connectivity index (χ1) is 14.6. The highest BCUT2D eigenvalue weighted by Gasteiger charge is 2.59. The maximum atomic E-state index is 13.3. The number of rotatable bonds is 5. The number of carbonyl (C=O) groups excluding carboxylic acids is 2. The third kappa shape index (κ3) is 3.68. The van der Waals surface area contributed by atoms with E-state index in [4.69, 9.17) is 0 Å². The fourth-order valence-corrected chi connectivity index (χ4v) is 7.70. The molecule has 0 radical (unpaired) electrons. The summed E-state index contributed by atoms with van der Waals surface area (Å²) in [6.07, 6.45) is 9.64. The Bertz CT molecular complexity index is 823. The molecule has 3 saturated carbocycles. The van der Waals surface area contributed by atoms with E-state index in [2.05, 4.69) is 19.9 Å². The molecule has 0 aromatic carbocycles. The zero-order chi connectivity index (χ0) is 22.6. The van der Waals surface area contributed by atoms with Gasteiger partial charge in [0.1, 0.15) is 0 Å². The van der Waals surface area contributed by atoms with Crippen molar-refractivity contribution < 1.29 is 19.8 Å². The van der Waals surface area contributed by atoms with E-state index in [1.165, 1.54) is 5.57 Å². The topological polar surface area (TPSA) is 74.6 Å². The highest BCUT2D eigenvalue weighted by atomic mass is 16.3. The van der Waals surface area contributed by atoms with Crippen LogP contribution in [0, 0.1) is 34.5 Å². The van der Waals surface area contributed by atoms with Crippen LogP contribution >= 0.6 is 0 Å². The van der Waals surface area contributed by atoms with Crippen LogP contribution in [-0.2, 0) is 9.59 Å². The Morgan fingerprint density at radius 2 is 1.87 bits per heavy atom. The Labute approximate surface area is 187 Å². The predicted molar refractivity (Wildman–Crippen MR) is 121 cm³/mol. The number of Topliss-reactive ketones (excluding diaryl/α,β-unsaturated/α-hetero) is 2. The number of fused-ring (bicyclic) bond motifs is 5. The van der Waals surface area contributed by atoms with Crippen LogP contribution in [0.4, 0.5) is 0 Å². The van der Waals surface area contributed by atoms with E-state index < -0.39 is 0 Å². The minimum absolute atomic E-state index is 0.0757. The second-order valence-corrected chi connectivity index (χ2v) is 11.5. The second-order valence-electron chi connectivity index (χ2n) is 11.5. The summed E-state index contributed by atoms with van der Waals surface area (Å²) in [4.78, 5) is 26.2. The van der Waals surface area contributed by atoms with Crippen molar-refractivity contribution in [2.45, 2.75) is 91.6 Å². The van der Waals surface area contributed by atoms with Gasteiger partial charge in [-0.1, -0.05) is 32.4 Å². The molecule has 7 atom stereocenters. The van der Waals surface area contributed by atoms with Crippen LogP contribution in [0.3, 0.4) is 0 Å². The Morgan fingerprint density at radius 1 is 1.16 bits per heavy atom. The summed E-state index contributed by atoms with van der Waals surface area (Å²) in [6.45, 7) is 8.55. The van der Waals surface area contributed by atoms with Crippen molar-refractivity contribution >= 4 is 11.6 Å². The first kappa shape index (κ1) is 22.9. The lowest BCUT2D eigenvalue weighted by Gasteiger charge is -2.57. The van der Waals surface area contributed by atoms with Gasteiger partial charge in [-0.3, -0.25) is 9.59 Å². The number of carbonyl (C=O) groups is 2. The van der Waals surface area contributed by atoms with Crippen molar-refractivity contribution in [3.63, 3.8) is 0 Å². The smallest absolute Gasteiger partial charge is 0.160 e. The molecule has 0 aromatic rings. The molecule has 172 valence electrons. The van der Waals surface area contributed by atoms with Gasteiger partial charge in [0, 0.05) is 25.0 Å². The summed E-state index contributed by atoms with van der Waals surface area (Å²) in [5.74, 6) is 1.75. The van der Waals surface area contributed by atoms with Crippen LogP contribution in [0.1, 0.15) is 85.5 Å². The average Bonchev–Trinajstić information content (AvgIpc) is 3.01. The number of aliphatic hydroxyl groups excluding tert-OH is 2. The lowest BCUT2D eigenvalue weighted by atomic mass is 9.47. The summed E-state index contributed by atoms with van der Waals surface area (Å²) < 4.78 is 0. The van der Waals surface area contributed by atoms with Crippen molar-refractivity contribution in [3.05, 3.63) is 22.8 Å². The van der Waals surface area contributed by atoms with E-state index in [0.29, 0.717) is 42.6 Å². The van der Waals surface area contributed by atoms with Gasteiger partial charge in [0.2, 0.25) is 0 Å². The maximum Gasteiger partial charge on any atom is 0.160 e. The summed E-state index contributed by atoms with van der Waals surface area (Å²) in [5, 5.41) is 19.5. The summed E-state index contributed by atoms with van der Waals surface area (Å²) in [5.41, 5.74) is 2.90. The monoisotopic (exact) mass is 428 g/mol. The van der Waals surface area contributed by atoms with Crippen molar-refractivity contribution in [2.24, 2.45) is 34.5 Å². The molecule has 0 bridgehead atoms. The number of hydrogen-bond donors (Lipinski definition) is 2. The van der Waals surface area contributed by atoms with Crippen LogP contribution in [0.2, 0.25) is 0 Å². The Kier molecular flexibility index (Phi) is 6.11.